The molecule has 6 atom stereocenters. The first-order chi connectivity index (χ1) is 15.0. The van der Waals surface area contributed by atoms with E-state index in [1.54, 1.807) is 11.7 Å². The molecule has 2 heterocycles. The molecule has 3 N–H and O–H groups in total. The molecular weight excluding hydrogens is 396 g/mol. The lowest BCUT2D eigenvalue weighted by Crippen LogP contribution is -2.54. The van der Waals surface area contributed by atoms with Gasteiger partial charge in [-0.1, -0.05) is 31.2 Å². The van der Waals surface area contributed by atoms with Crippen LogP contribution >= 0.6 is 0 Å². The quantitative estimate of drug-likeness (QED) is 0.356. The molecule has 1 amide bonds. The van der Waals surface area contributed by atoms with Crippen molar-refractivity contribution >= 4 is 5.91 Å². The highest BCUT2D eigenvalue weighted by Gasteiger charge is 2.50. The SMILES string of the molecule is CNC(O)C(NC(=O)c1nn(-c2c[n+]([O-])ccn2)c2c1CC1CC21)C1C=CC=CC1C. The van der Waals surface area contributed by atoms with Crippen LogP contribution in [0.2, 0.25) is 0 Å². The number of aliphatic hydroxyl groups excluding tert-OH is 1. The van der Waals surface area contributed by atoms with Crippen LogP contribution in [0.4, 0.5) is 0 Å². The van der Waals surface area contributed by atoms with Crippen LogP contribution in [0.25, 0.3) is 5.82 Å². The number of amides is 1. The minimum Gasteiger partial charge on any atom is -0.619 e. The number of nitrogens with zero attached hydrogens (tertiary/aromatic N) is 4. The highest BCUT2D eigenvalue weighted by molar-refractivity contribution is 5.94. The van der Waals surface area contributed by atoms with Crippen LogP contribution in [0.5, 0.6) is 0 Å². The van der Waals surface area contributed by atoms with Crippen LogP contribution in [0.15, 0.2) is 42.9 Å². The van der Waals surface area contributed by atoms with Gasteiger partial charge in [-0.2, -0.15) is 9.83 Å². The number of nitrogens with one attached hydrogen (secondary N) is 2. The number of aromatic nitrogens is 4. The molecular formula is C22H26N6O3. The summed E-state index contributed by atoms with van der Waals surface area (Å²) in [5.74, 6) is 1.07. The van der Waals surface area contributed by atoms with Crippen molar-refractivity contribution in [2.75, 3.05) is 7.05 Å². The van der Waals surface area contributed by atoms with E-state index in [0.29, 0.717) is 28.1 Å². The van der Waals surface area contributed by atoms with Gasteiger partial charge in [-0.15, -0.1) is 0 Å². The summed E-state index contributed by atoms with van der Waals surface area (Å²) in [5.41, 5.74) is 2.25. The molecule has 9 nitrogen and oxygen atoms in total. The molecule has 3 aliphatic rings. The predicted molar refractivity (Wildman–Crippen MR) is 112 cm³/mol. The normalized spacial score (nSPS) is 27.5. The van der Waals surface area contributed by atoms with Crippen LogP contribution in [-0.2, 0) is 6.42 Å². The predicted octanol–water partition coefficient (Wildman–Crippen LogP) is 0.575. The maximum atomic E-state index is 13.4. The Balaban J connectivity index is 1.48. The highest BCUT2D eigenvalue weighted by atomic mass is 16.5. The monoisotopic (exact) mass is 422 g/mol. The van der Waals surface area contributed by atoms with Crippen LogP contribution < -0.4 is 15.4 Å². The lowest BCUT2D eigenvalue weighted by molar-refractivity contribution is -0.605. The molecule has 0 saturated heterocycles. The molecule has 3 aliphatic carbocycles. The van der Waals surface area contributed by atoms with E-state index < -0.39 is 12.3 Å². The van der Waals surface area contributed by atoms with Gasteiger partial charge in [-0.25, -0.2) is 9.67 Å². The zero-order valence-electron chi connectivity index (χ0n) is 17.5. The van der Waals surface area contributed by atoms with Crippen molar-refractivity contribution < 1.29 is 14.6 Å². The summed E-state index contributed by atoms with van der Waals surface area (Å²) in [6.45, 7) is 2.06. The number of aliphatic hydroxyl groups is 1. The molecule has 0 bridgehead atoms. The van der Waals surface area contributed by atoms with Crippen LogP contribution in [0.1, 0.15) is 41.0 Å². The highest BCUT2D eigenvalue weighted by Crippen LogP contribution is 2.57. The summed E-state index contributed by atoms with van der Waals surface area (Å²) in [6.07, 6.45) is 13.0. The zero-order valence-corrected chi connectivity index (χ0v) is 17.5. The standard InChI is InChI=1S/C22H26N6O3/c1-12-5-3-4-6-14(12)18(21(29)23-2)25-22(30)19-16-10-13-9-15(13)20(16)28(26-19)17-11-27(31)8-7-24-17/h3-8,11-15,18,21,23,29H,9-10H2,1-2H3,(H,25,30). The second-order valence-corrected chi connectivity index (χ2v) is 8.64. The maximum absolute atomic E-state index is 13.4. The molecule has 0 spiro atoms. The van der Waals surface area contributed by atoms with Crippen molar-refractivity contribution in [2.45, 2.75) is 38.0 Å². The Kier molecular flexibility index (Phi) is 4.86. The third-order valence-electron chi connectivity index (χ3n) is 6.67. The Morgan fingerprint density at radius 3 is 2.94 bits per heavy atom. The van der Waals surface area contributed by atoms with Crippen molar-refractivity contribution in [2.24, 2.45) is 17.8 Å². The maximum Gasteiger partial charge on any atom is 0.272 e. The van der Waals surface area contributed by atoms with E-state index in [1.165, 1.54) is 18.6 Å². The van der Waals surface area contributed by atoms with Gasteiger partial charge in [0.05, 0.1) is 17.9 Å². The third-order valence-corrected chi connectivity index (χ3v) is 6.67. The first-order valence-electron chi connectivity index (χ1n) is 10.7. The van der Waals surface area contributed by atoms with E-state index in [2.05, 4.69) is 33.7 Å². The third kappa shape index (κ3) is 3.43. The van der Waals surface area contributed by atoms with Gasteiger partial charge >= 0.3 is 0 Å². The first-order valence-corrected chi connectivity index (χ1v) is 10.7. The lowest BCUT2D eigenvalue weighted by Gasteiger charge is -2.33. The fourth-order valence-electron chi connectivity index (χ4n) is 4.91. The number of fused-ring (bicyclic) bond motifs is 3. The van der Waals surface area contributed by atoms with Gasteiger partial charge in [0.25, 0.3) is 5.91 Å². The van der Waals surface area contributed by atoms with E-state index in [-0.39, 0.29) is 17.7 Å². The van der Waals surface area contributed by atoms with Crippen molar-refractivity contribution in [1.82, 2.24) is 25.4 Å². The number of rotatable bonds is 6. The minimum absolute atomic E-state index is 0.0600. The Morgan fingerprint density at radius 1 is 1.39 bits per heavy atom. The van der Waals surface area contributed by atoms with Gasteiger partial charge in [0, 0.05) is 17.4 Å². The number of carbonyl (C=O) groups is 1. The molecule has 162 valence electrons. The van der Waals surface area contributed by atoms with Gasteiger partial charge in [-0.05, 0) is 31.7 Å². The summed E-state index contributed by atoms with van der Waals surface area (Å²) in [5, 5.41) is 32.8. The average Bonchev–Trinajstić information content (AvgIpc) is 3.26. The number of likely N-dealkylation sites (N-methyl/N-ethyl adjacent to an activating group) is 1. The van der Waals surface area contributed by atoms with Crippen LogP contribution in [0.3, 0.4) is 0 Å². The van der Waals surface area contributed by atoms with Gasteiger partial charge in [-0.3, -0.25) is 10.1 Å². The topological polar surface area (TPSA) is 119 Å². The van der Waals surface area contributed by atoms with Crippen molar-refractivity contribution in [3.8, 4) is 5.82 Å². The Labute approximate surface area is 180 Å². The second-order valence-electron chi connectivity index (χ2n) is 8.64. The number of allylic oxidation sites excluding steroid dienone is 3. The van der Waals surface area contributed by atoms with E-state index in [1.807, 2.05) is 18.2 Å². The number of hydrogen-bond acceptors (Lipinski definition) is 6. The smallest absolute Gasteiger partial charge is 0.272 e. The first kappa shape index (κ1) is 19.9. The van der Waals surface area contributed by atoms with E-state index in [0.717, 1.165) is 24.1 Å². The summed E-state index contributed by atoms with van der Waals surface area (Å²) in [4.78, 5) is 17.6. The summed E-state index contributed by atoms with van der Waals surface area (Å²) >= 11 is 0. The fourth-order valence-corrected chi connectivity index (χ4v) is 4.91. The zero-order chi connectivity index (χ0) is 21.7. The Morgan fingerprint density at radius 2 is 2.19 bits per heavy atom. The minimum atomic E-state index is -0.911. The largest absolute Gasteiger partial charge is 0.619 e. The van der Waals surface area contributed by atoms with Gasteiger partial charge in [0.15, 0.2) is 11.9 Å². The number of carbonyl (C=O) groups excluding carboxylic acids is 1. The summed E-state index contributed by atoms with van der Waals surface area (Å²) < 4.78 is 2.32. The summed E-state index contributed by atoms with van der Waals surface area (Å²) in [6, 6.07) is -0.524. The van der Waals surface area contributed by atoms with E-state index in [9.17, 15) is 15.1 Å². The molecule has 31 heavy (non-hydrogen) atoms. The van der Waals surface area contributed by atoms with Crippen molar-refractivity contribution in [3.05, 3.63) is 65.1 Å². The van der Waals surface area contributed by atoms with Crippen molar-refractivity contribution in [1.29, 1.82) is 0 Å². The van der Waals surface area contributed by atoms with Crippen LogP contribution in [0, 0.1) is 23.0 Å². The summed E-state index contributed by atoms with van der Waals surface area (Å²) in [7, 11) is 1.66. The molecule has 2 aromatic heterocycles. The molecule has 1 saturated carbocycles. The van der Waals surface area contributed by atoms with Crippen LogP contribution in [-0.4, -0.2) is 45.1 Å². The van der Waals surface area contributed by atoms with Gasteiger partial charge in [0.1, 0.15) is 6.23 Å². The molecule has 6 unspecified atom stereocenters. The van der Waals surface area contributed by atoms with E-state index >= 15 is 0 Å². The molecule has 2 aromatic rings. The second kappa shape index (κ2) is 7.58. The molecule has 9 heteroatoms. The molecule has 1 fully saturated rings. The molecule has 0 aromatic carbocycles. The van der Waals surface area contributed by atoms with Gasteiger partial charge < -0.3 is 15.6 Å². The van der Waals surface area contributed by atoms with E-state index in [4.69, 9.17) is 0 Å². The molecule has 0 aliphatic heterocycles. The Bertz CT molecular complexity index is 1080. The van der Waals surface area contributed by atoms with Gasteiger partial charge in [0.2, 0.25) is 12.0 Å². The van der Waals surface area contributed by atoms with Crippen molar-refractivity contribution in [3.63, 3.8) is 0 Å². The Hall–Kier alpha value is -3.04. The average molecular weight is 422 g/mol. The molecule has 0 radical (unpaired) electrons. The fraction of sp³-hybridized carbons (Fsp3) is 0.455. The number of hydrogen-bond donors (Lipinski definition) is 3. The molecule has 5 rings (SSSR count). The lowest BCUT2D eigenvalue weighted by atomic mass is 9.83.